The second-order valence-electron chi connectivity index (χ2n) is 9.57. The third kappa shape index (κ3) is 5.48. The molecule has 0 spiro atoms. The average molecular weight is 444 g/mol. The van der Waals surface area contributed by atoms with Crippen LogP contribution in [0, 0.1) is 17.7 Å². The number of rotatable bonds is 5. The zero-order valence-electron chi connectivity index (χ0n) is 18.7. The fourth-order valence-electron chi connectivity index (χ4n) is 5.42. The van der Waals surface area contributed by atoms with E-state index >= 15 is 0 Å². The van der Waals surface area contributed by atoms with E-state index in [0.717, 1.165) is 51.4 Å². The van der Waals surface area contributed by atoms with E-state index in [1.807, 2.05) is 4.90 Å². The van der Waals surface area contributed by atoms with Crippen molar-refractivity contribution in [3.8, 4) is 0 Å². The highest BCUT2D eigenvalue weighted by Crippen LogP contribution is 2.29. The molecule has 0 unspecified atom stereocenters. The van der Waals surface area contributed by atoms with Gasteiger partial charge in [-0.25, -0.2) is 4.39 Å². The first kappa shape index (κ1) is 22.7. The Labute approximate surface area is 189 Å². The number of nitrogens with one attached hydrogen (secondary N) is 2. The number of amides is 3. The van der Waals surface area contributed by atoms with Gasteiger partial charge in [0.2, 0.25) is 11.8 Å². The SMILES string of the molecule is O=C(N[C@@H]1CCCC[C@H]1NC(=O)C1CCN(C(=O)C2CCCC2)CC1)c1ccc(F)cc1. The van der Waals surface area contributed by atoms with Crippen molar-refractivity contribution in [2.24, 2.45) is 11.8 Å². The van der Waals surface area contributed by atoms with Crippen molar-refractivity contribution in [2.45, 2.75) is 76.3 Å². The smallest absolute Gasteiger partial charge is 0.251 e. The van der Waals surface area contributed by atoms with Gasteiger partial charge in [-0.3, -0.25) is 14.4 Å². The number of piperidine rings is 1. The normalized spacial score (nSPS) is 24.8. The molecule has 6 nitrogen and oxygen atoms in total. The Bertz CT molecular complexity index is 814. The molecule has 3 fully saturated rings. The van der Waals surface area contributed by atoms with Gasteiger partial charge in [0.15, 0.2) is 0 Å². The molecule has 2 saturated carbocycles. The number of hydrogen-bond acceptors (Lipinski definition) is 3. The summed E-state index contributed by atoms with van der Waals surface area (Å²) < 4.78 is 13.1. The van der Waals surface area contributed by atoms with Gasteiger partial charge in [0.05, 0.1) is 0 Å². The molecule has 3 amide bonds. The van der Waals surface area contributed by atoms with Gasteiger partial charge in [0.25, 0.3) is 5.91 Å². The fourth-order valence-corrected chi connectivity index (χ4v) is 5.42. The third-order valence-corrected chi connectivity index (χ3v) is 7.40. The van der Waals surface area contributed by atoms with Gasteiger partial charge in [-0.15, -0.1) is 0 Å². The molecular weight excluding hydrogens is 409 g/mol. The van der Waals surface area contributed by atoms with Crippen LogP contribution in [-0.4, -0.2) is 47.8 Å². The molecule has 3 aliphatic rings. The van der Waals surface area contributed by atoms with Crippen LogP contribution in [0.5, 0.6) is 0 Å². The summed E-state index contributed by atoms with van der Waals surface area (Å²) in [4.78, 5) is 40.1. The van der Waals surface area contributed by atoms with Crippen molar-refractivity contribution in [3.63, 3.8) is 0 Å². The lowest BCUT2D eigenvalue weighted by Crippen LogP contribution is -2.55. The maximum atomic E-state index is 13.1. The van der Waals surface area contributed by atoms with Crippen molar-refractivity contribution >= 4 is 17.7 Å². The summed E-state index contributed by atoms with van der Waals surface area (Å²) in [6.45, 7) is 1.31. The second-order valence-corrected chi connectivity index (χ2v) is 9.57. The van der Waals surface area contributed by atoms with Crippen LogP contribution < -0.4 is 10.6 Å². The van der Waals surface area contributed by atoms with Gasteiger partial charge in [0, 0.05) is 42.6 Å². The lowest BCUT2D eigenvalue weighted by atomic mass is 9.88. The summed E-state index contributed by atoms with van der Waals surface area (Å²) in [6.07, 6.45) is 9.37. The zero-order valence-corrected chi connectivity index (χ0v) is 18.7. The summed E-state index contributed by atoms with van der Waals surface area (Å²) in [7, 11) is 0. The van der Waals surface area contributed by atoms with Crippen LogP contribution in [0.1, 0.15) is 74.6 Å². The molecule has 174 valence electrons. The summed E-state index contributed by atoms with van der Waals surface area (Å²) >= 11 is 0. The number of halogens is 1. The summed E-state index contributed by atoms with van der Waals surface area (Å²) in [5.41, 5.74) is 0.418. The van der Waals surface area contributed by atoms with E-state index in [9.17, 15) is 18.8 Å². The maximum Gasteiger partial charge on any atom is 0.251 e. The number of carbonyl (C=O) groups excluding carboxylic acids is 3. The molecule has 1 heterocycles. The van der Waals surface area contributed by atoms with E-state index in [2.05, 4.69) is 10.6 Å². The van der Waals surface area contributed by atoms with Crippen LogP contribution in [0.25, 0.3) is 0 Å². The molecular formula is C25H34FN3O3. The molecule has 2 aliphatic carbocycles. The van der Waals surface area contributed by atoms with Crippen LogP contribution in [0.3, 0.4) is 0 Å². The Morgan fingerprint density at radius 2 is 1.31 bits per heavy atom. The number of carbonyl (C=O) groups is 3. The summed E-state index contributed by atoms with van der Waals surface area (Å²) in [5.74, 6) is -0.204. The monoisotopic (exact) mass is 443 g/mol. The molecule has 1 saturated heterocycles. The minimum atomic E-state index is -0.375. The number of nitrogens with zero attached hydrogens (tertiary/aromatic N) is 1. The van der Waals surface area contributed by atoms with Crippen molar-refractivity contribution in [1.29, 1.82) is 0 Å². The van der Waals surface area contributed by atoms with Gasteiger partial charge >= 0.3 is 0 Å². The fraction of sp³-hybridized carbons (Fsp3) is 0.640. The number of likely N-dealkylation sites (tertiary alicyclic amines) is 1. The topological polar surface area (TPSA) is 78.5 Å². The van der Waals surface area contributed by atoms with Crippen molar-refractivity contribution in [2.75, 3.05) is 13.1 Å². The molecule has 7 heteroatoms. The quantitative estimate of drug-likeness (QED) is 0.732. The highest BCUT2D eigenvalue weighted by Gasteiger charge is 2.34. The van der Waals surface area contributed by atoms with E-state index in [4.69, 9.17) is 0 Å². The van der Waals surface area contributed by atoms with E-state index in [-0.39, 0.29) is 47.5 Å². The standard InChI is InChI=1S/C25H34FN3O3/c26-20-11-9-17(10-12-20)23(30)27-21-7-3-4-8-22(21)28-24(31)18-13-15-29(16-14-18)25(32)19-5-1-2-6-19/h9-12,18-19,21-22H,1-8,13-16H2,(H,27,30)(H,28,31)/t21-,22-/m1/s1. The molecule has 1 aromatic carbocycles. The van der Waals surface area contributed by atoms with Crippen molar-refractivity contribution in [3.05, 3.63) is 35.6 Å². The third-order valence-electron chi connectivity index (χ3n) is 7.40. The molecule has 1 aromatic rings. The van der Waals surface area contributed by atoms with E-state index in [1.54, 1.807) is 0 Å². The lowest BCUT2D eigenvalue weighted by molar-refractivity contribution is -0.139. The Morgan fingerprint density at radius 1 is 0.750 bits per heavy atom. The Balaban J connectivity index is 1.28. The summed E-state index contributed by atoms with van der Waals surface area (Å²) in [5, 5.41) is 6.22. The molecule has 4 rings (SSSR count). The second kappa shape index (κ2) is 10.5. The maximum absolute atomic E-state index is 13.1. The highest BCUT2D eigenvalue weighted by molar-refractivity contribution is 5.94. The van der Waals surface area contributed by atoms with E-state index < -0.39 is 0 Å². The van der Waals surface area contributed by atoms with Crippen molar-refractivity contribution < 1.29 is 18.8 Å². The van der Waals surface area contributed by atoms with Gasteiger partial charge in [-0.2, -0.15) is 0 Å². The first-order chi connectivity index (χ1) is 15.5. The molecule has 0 radical (unpaired) electrons. The van der Waals surface area contributed by atoms with Crippen LogP contribution >= 0.6 is 0 Å². The van der Waals surface area contributed by atoms with Gasteiger partial charge in [-0.1, -0.05) is 25.7 Å². The van der Waals surface area contributed by atoms with Crippen LogP contribution in [-0.2, 0) is 9.59 Å². The van der Waals surface area contributed by atoms with Crippen molar-refractivity contribution in [1.82, 2.24) is 15.5 Å². The van der Waals surface area contributed by atoms with Gasteiger partial charge < -0.3 is 15.5 Å². The number of benzene rings is 1. The van der Waals surface area contributed by atoms with Gasteiger partial charge in [-0.05, 0) is 62.8 Å². The van der Waals surface area contributed by atoms with Crippen LogP contribution in [0.15, 0.2) is 24.3 Å². The number of hydrogen-bond donors (Lipinski definition) is 2. The molecule has 1 aliphatic heterocycles. The average Bonchev–Trinajstić information content (AvgIpc) is 3.35. The lowest BCUT2D eigenvalue weighted by Gasteiger charge is -2.36. The largest absolute Gasteiger partial charge is 0.351 e. The van der Waals surface area contributed by atoms with E-state index in [1.165, 1.54) is 24.3 Å². The Hall–Kier alpha value is -2.44. The first-order valence-electron chi connectivity index (χ1n) is 12.2. The predicted octanol–water partition coefficient (Wildman–Crippen LogP) is 3.41. The Morgan fingerprint density at radius 3 is 1.94 bits per heavy atom. The zero-order chi connectivity index (χ0) is 22.5. The predicted molar refractivity (Wildman–Crippen MR) is 119 cm³/mol. The molecule has 32 heavy (non-hydrogen) atoms. The van der Waals surface area contributed by atoms with Crippen LogP contribution in [0.2, 0.25) is 0 Å². The molecule has 0 bridgehead atoms. The minimum Gasteiger partial charge on any atom is -0.351 e. The molecule has 0 aromatic heterocycles. The van der Waals surface area contributed by atoms with Gasteiger partial charge in [0.1, 0.15) is 5.82 Å². The highest BCUT2D eigenvalue weighted by atomic mass is 19.1. The first-order valence-corrected chi connectivity index (χ1v) is 12.2. The van der Waals surface area contributed by atoms with Crippen LogP contribution in [0.4, 0.5) is 4.39 Å². The molecule has 2 N–H and O–H groups in total. The summed E-state index contributed by atoms with van der Waals surface area (Å²) in [6, 6.07) is 5.27. The molecule has 2 atom stereocenters. The minimum absolute atomic E-state index is 0.0332. The Kier molecular flexibility index (Phi) is 7.43. The van der Waals surface area contributed by atoms with E-state index in [0.29, 0.717) is 31.5 Å².